The van der Waals surface area contributed by atoms with Gasteiger partial charge in [0.05, 0.1) is 66.9 Å². The van der Waals surface area contributed by atoms with Gasteiger partial charge in [-0.15, -0.1) is 0 Å². The number of hydrogen-bond acceptors (Lipinski definition) is 3. The lowest BCUT2D eigenvalue weighted by atomic mass is 9.92. The second-order valence-corrected chi connectivity index (χ2v) is 18.9. The van der Waals surface area contributed by atoms with Crippen molar-refractivity contribution in [3.63, 3.8) is 0 Å². The van der Waals surface area contributed by atoms with E-state index in [2.05, 4.69) is 243 Å². The molecule has 0 unspecified atom stereocenters. The third kappa shape index (κ3) is 5.28. The maximum atomic E-state index is 12.8. The minimum absolute atomic E-state index is 0.508. The van der Waals surface area contributed by atoms with Gasteiger partial charge < -0.3 is 22.7 Å². The second-order valence-electron chi connectivity index (χ2n) is 18.9. The maximum absolute atomic E-state index is 12.8. The van der Waals surface area contributed by atoms with Crippen LogP contribution in [0, 0.1) is 11.3 Å². The molecular formula is C66H38N6O. The molecular weight excluding hydrogens is 893 g/mol. The lowest BCUT2D eigenvalue weighted by Gasteiger charge is -2.29. The van der Waals surface area contributed by atoms with Crippen molar-refractivity contribution in [2.75, 3.05) is 0 Å². The predicted octanol–water partition coefficient (Wildman–Crippen LogP) is 16.9. The predicted molar refractivity (Wildman–Crippen MR) is 299 cm³/mol. The minimum atomic E-state index is 0.508. The van der Waals surface area contributed by atoms with E-state index in [0.29, 0.717) is 16.9 Å². The van der Waals surface area contributed by atoms with Crippen LogP contribution in [0.5, 0.6) is 0 Å². The third-order valence-corrected chi connectivity index (χ3v) is 15.3. The monoisotopic (exact) mass is 930 g/mol. The SMILES string of the molecule is N#Cc1c(-n2c3ccccc3c3ccccc32)c(-n2c3ccccc3c3ccccc32)c(-c2cccc3c2oc2ncccc23)c(-n2c3ccccc3c3ccccc32)c1-n1c2ccccc2c2ccccc21. The molecule has 7 nitrogen and oxygen atoms in total. The summed E-state index contributed by atoms with van der Waals surface area (Å²) in [7, 11) is 0. The molecule has 0 fully saturated rings. The first-order valence-electron chi connectivity index (χ1n) is 24.6. The molecule has 16 aromatic rings. The van der Waals surface area contributed by atoms with E-state index in [0.717, 1.165) is 132 Å². The van der Waals surface area contributed by atoms with Gasteiger partial charge in [-0.1, -0.05) is 164 Å². The Morgan fingerprint density at radius 1 is 0.315 bits per heavy atom. The third-order valence-electron chi connectivity index (χ3n) is 15.3. The van der Waals surface area contributed by atoms with E-state index < -0.39 is 0 Å². The van der Waals surface area contributed by atoms with E-state index in [4.69, 9.17) is 9.40 Å². The Bertz CT molecular complexity index is 4600. The summed E-state index contributed by atoms with van der Waals surface area (Å²) >= 11 is 0. The van der Waals surface area contributed by atoms with Gasteiger partial charge in [-0.05, 0) is 60.7 Å². The fourth-order valence-corrected chi connectivity index (χ4v) is 12.4. The van der Waals surface area contributed by atoms with Crippen LogP contribution >= 0.6 is 0 Å². The van der Waals surface area contributed by atoms with Crippen LogP contribution in [0.2, 0.25) is 0 Å². The molecule has 338 valence electrons. The van der Waals surface area contributed by atoms with E-state index >= 15 is 0 Å². The summed E-state index contributed by atoms with van der Waals surface area (Å²) in [5.74, 6) is 0. The number of nitrogens with zero attached hydrogens (tertiary/aromatic N) is 6. The smallest absolute Gasteiger partial charge is 0.227 e. The summed E-state index contributed by atoms with van der Waals surface area (Å²) in [5, 5.41) is 23.4. The van der Waals surface area contributed by atoms with E-state index in [1.807, 2.05) is 6.07 Å². The summed E-state index contributed by atoms with van der Waals surface area (Å²) < 4.78 is 16.7. The molecule has 6 aromatic heterocycles. The molecule has 6 heterocycles. The lowest BCUT2D eigenvalue weighted by Crippen LogP contribution is -2.16. The topological polar surface area (TPSA) is 69.5 Å². The summed E-state index contributed by atoms with van der Waals surface area (Å²) in [4.78, 5) is 4.81. The maximum Gasteiger partial charge on any atom is 0.227 e. The lowest BCUT2D eigenvalue weighted by molar-refractivity contribution is 0.655. The average Bonchev–Trinajstić information content (AvgIpc) is 4.26. The molecule has 73 heavy (non-hydrogen) atoms. The van der Waals surface area contributed by atoms with Gasteiger partial charge in [0.1, 0.15) is 17.2 Å². The first-order chi connectivity index (χ1) is 36.3. The number of pyridine rings is 1. The summed E-state index contributed by atoms with van der Waals surface area (Å²) in [6, 6.07) is 82.6. The highest BCUT2D eigenvalue weighted by Gasteiger charge is 2.36. The van der Waals surface area contributed by atoms with Crippen LogP contribution in [-0.4, -0.2) is 23.3 Å². The van der Waals surface area contributed by atoms with Gasteiger partial charge >= 0.3 is 0 Å². The molecule has 0 bridgehead atoms. The Labute approximate surface area is 416 Å². The Morgan fingerprint density at radius 2 is 0.616 bits per heavy atom. The number of furan rings is 1. The zero-order valence-corrected chi connectivity index (χ0v) is 39.0. The first-order valence-corrected chi connectivity index (χ1v) is 24.6. The number of fused-ring (bicyclic) bond motifs is 15. The minimum Gasteiger partial charge on any atom is -0.437 e. The number of para-hydroxylation sites is 9. The zero-order chi connectivity index (χ0) is 47.9. The van der Waals surface area contributed by atoms with Crippen LogP contribution in [0.1, 0.15) is 5.56 Å². The van der Waals surface area contributed by atoms with Gasteiger partial charge in [0.15, 0.2) is 0 Å². The Balaban J connectivity index is 1.29. The molecule has 0 N–H and O–H groups in total. The molecule has 0 amide bonds. The molecule has 0 saturated carbocycles. The standard InChI is InChI=1S/C66H38N6O/c67-39-51-61(69-52-30-9-1-19-40(52)41-20-2-10-31-53(41)69)63(71-56-34-13-5-23-44(56)45-24-6-14-35-57(45)71)60(50-28-17-27-48-49-29-18-38-68-66(49)73-65(48)50)64(72-58-36-15-7-25-46(58)47-26-8-16-37-59(47)72)62(51)70-54-32-11-3-21-42(54)43-22-4-12-33-55(43)70/h1-38H. The molecule has 10 aromatic carbocycles. The molecule has 0 atom stereocenters. The van der Waals surface area contributed by atoms with Gasteiger partial charge in [0, 0.05) is 71.2 Å². The van der Waals surface area contributed by atoms with Gasteiger partial charge in [-0.3, -0.25) is 0 Å². The Morgan fingerprint density at radius 3 is 0.959 bits per heavy atom. The summed E-state index contributed by atoms with van der Waals surface area (Å²) in [6.07, 6.45) is 1.79. The molecule has 16 rings (SSSR count). The first kappa shape index (κ1) is 39.7. The number of nitriles is 1. The molecule has 0 aliphatic carbocycles. The van der Waals surface area contributed by atoms with Crippen molar-refractivity contribution >= 4 is 109 Å². The normalized spacial score (nSPS) is 12.1. The number of hydrogen-bond donors (Lipinski definition) is 0. The van der Waals surface area contributed by atoms with Crippen LogP contribution < -0.4 is 0 Å². The van der Waals surface area contributed by atoms with Crippen LogP contribution in [0.15, 0.2) is 235 Å². The van der Waals surface area contributed by atoms with Gasteiger partial charge in [-0.2, -0.15) is 5.26 Å². The number of aromatic nitrogens is 5. The van der Waals surface area contributed by atoms with Crippen LogP contribution in [0.4, 0.5) is 0 Å². The molecule has 0 aliphatic heterocycles. The largest absolute Gasteiger partial charge is 0.437 e. The number of rotatable bonds is 5. The van der Waals surface area contributed by atoms with Crippen molar-refractivity contribution in [3.8, 4) is 39.9 Å². The van der Waals surface area contributed by atoms with Crippen molar-refractivity contribution in [1.29, 1.82) is 5.26 Å². The summed E-state index contributed by atoms with van der Waals surface area (Å²) in [5.41, 5.74) is 14.6. The molecule has 7 heteroatoms. The molecule has 0 aliphatic rings. The average molecular weight is 931 g/mol. The Hall–Kier alpha value is -10.2. The highest BCUT2D eigenvalue weighted by molar-refractivity contribution is 6.19. The second kappa shape index (κ2) is 14.9. The van der Waals surface area contributed by atoms with E-state index in [1.165, 1.54) is 0 Å². The molecule has 0 radical (unpaired) electrons. The van der Waals surface area contributed by atoms with Crippen LogP contribution in [0.3, 0.4) is 0 Å². The van der Waals surface area contributed by atoms with Gasteiger partial charge in [0.25, 0.3) is 0 Å². The van der Waals surface area contributed by atoms with Gasteiger partial charge in [-0.25, -0.2) is 4.98 Å². The molecule has 0 spiro atoms. The highest BCUT2D eigenvalue weighted by atomic mass is 16.3. The van der Waals surface area contributed by atoms with Crippen molar-refractivity contribution < 1.29 is 4.42 Å². The molecule has 0 saturated heterocycles. The van der Waals surface area contributed by atoms with Crippen molar-refractivity contribution in [2.45, 2.75) is 0 Å². The zero-order valence-electron chi connectivity index (χ0n) is 39.0. The quantitative estimate of drug-likeness (QED) is 0.173. The highest BCUT2D eigenvalue weighted by Crippen LogP contribution is 2.53. The van der Waals surface area contributed by atoms with Crippen LogP contribution in [0.25, 0.3) is 143 Å². The van der Waals surface area contributed by atoms with Gasteiger partial charge in [0.2, 0.25) is 5.71 Å². The number of benzene rings is 10. The summed E-state index contributed by atoms with van der Waals surface area (Å²) in [6.45, 7) is 0. The Kier molecular flexibility index (Phi) is 8.11. The fourth-order valence-electron chi connectivity index (χ4n) is 12.4. The van der Waals surface area contributed by atoms with Crippen LogP contribution in [-0.2, 0) is 0 Å². The van der Waals surface area contributed by atoms with Crippen molar-refractivity contribution in [2.24, 2.45) is 0 Å². The van der Waals surface area contributed by atoms with E-state index in [1.54, 1.807) is 6.20 Å². The van der Waals surface area contributed by atoms with Crippen molar-refractivity contribution in [1.82, 2.24) is 23.3 Å². The fraction of sp³-hybridized carbons (Fsp3) is 0. The van der Waals surface area contributed by atoms with Crippen molar-refractivity contribution in [3.05, 3.63) is 236 Å². The van der Waals surface area contributed by atoms with E-state index in [9.17, 15) is 5.26 Å². The van der Waals surface area contributed by atoms with E-state index in [-0.39, 0.29) is 0 Å².